The number of nitrogens with zero attached hydrogens (tertiary/aromatic N) is 1. The molecule has 0 aliphatic rings. The van der Waals surface area contributed by atoms with Crippen molar-refractivity contribution in [1.29, 1.82) is 0 Å². The van der Waals surface area contributed by atoms with E-state index in [1.807, 2.05) is 19.1 Å². The molecule has 2 rings (SSSR count). The summed E-state index contributed by atoms with van der Waals surface area (Å²) in [5, 5.41) is 3.27. The zero-order valence-electron chi connectivity index (χ0n) is 11.1. The van der Waals surface area contributed by atoms with E-state index < -0.39 is 0 Å². The Hall–Kier alpha value is -2.03. The van der Waals surface area contributed by atoms with E-state index in [0.717, 1.165) is 23.6 Å². The van der Waals surface area contributed by atoms with Crippen molar-refractivity contribution < 1.29 is 0 Å². The number of pyridine rings is 1. The van der Waals surface area contributed by atoms with Crippen LogP contribution in [-0.4, -0.2) is 4.98 Å². The second kappa shape index (κ2) is 5.08. The van der Waals surface area contributed by atoms with Gasteiger partial charge in [0.25, 0.3) is 0 Å². The number of anilines is 3. The number of aromatic nitrogens is 1. The molecule has 0 aliphatic heterocycles. The van der Waals surface area contributed by atoms with E-state index in [9.17, 15) is 0 Å². The molecule has 1 aromatic carbocycles. The molecule has 1 heterocycles. The molecule has 0 fully saturated rings. The summed E-state index contributed by atoms with van der Waals surface area (Å²) < 4.78 is 0. The summed E-state index contributed by atoms with van der Waals surface area (Å²) in [5.74, 6) is 0.721. The molecule has 0 radical (unpaired) electrons. The highest BCUT2D eigenvalue weighted by Crippen LogP contribution is 2.23. The Morgan fingerprint density at radius 3 is 2.61 bits per heavy atom. The quantitative estimate of drug-likeness (QED) is 0.863. The lowest BCUT2D eigenvalue weighted by atomic mass is 10.1. The number of rotatable bonds is 3. The van der Waals surface area contributed by atoms with Crippen LogP contribution in [0.4, 0.5) is 17.2 Å². The summed E-state index contributed by atoms with van der Waals surface area (Å²) in [6.45, 7) is 6.24. The SMILES string of the molecule is CCc1ccc(Nc2nc(C)ccc2N)cc1C. The highest BCUT2D eigenvalue weighted by Gasteiger charge is 2.03. The van der Waals surface area contributed by atoms with Gasteiger partial charge in [-0.25, -0.2) is 4.98 Å². The fraction of sp³-hybridized carbons (Fsp3) is 0.267. The smallest absolute Gasteiger partial charge is 0.153 e. The van der Waals surface area contributed by atoms with Gasteiger partial charge in [-0.1, -0.05) is 13.0 Å². The van der Waals surface area contributed by atoms with E-state index in [2.05, 4.69) is 42.3 Å². The van der Waals surface area contributed by atoms with E-state index in [-0.39, 0.29) is 0 Å². The third-order valence-corrected chi connectivity index (χ3v) is 3.05. The summed E-state index contributed by atoms with van der Waals surface area (Å²) in [6, 6.07) is 10.1. The minimum Gasteiger partial charge on any atom is -0.396 e. The third kappa shape index (κ3) is 2.62. The predicted molar refractivity (Wildman–Crippen MR) is 77.2 cm³/mol. The lowest BCUT2D eigenvalue weighted by Gasteiger charge is -2.11. The first-order valence-electron chi connectivity index (χ1n) is 6.20. The van der Waals surface area contributed by atoms with Crippen LogP contribution in [0.5, 0.6) is 0 Å². The summed E-state index contributed by atoms with van der Waals surface area (Å²) in [7, 11) is 0. The molecule has 1 aromatic heterocycles. The fourth-order valence-corrected chi connectivity index (χ4v) is 1.97. The number of aryl methyl sites for hydroxylation is 3. The van der Waals surface area contributed by atoms with Gasteiger partial charge in [0.1, 0.15) is 0 Å². The van der Waals surface area contributed by atoms with Crippen LogP contribution in [0.1, 0.15) is 23.7 Å². The first kappa shape index (κ1) is 12.4. The Morgan fingerprint density at radius 2 is 1.94 bits per heavy atom. The Morgan fingerprint density at radius 1 is 1.17 bits per heavy atom. The van der Waals surface area contributed by atoms with Crippen LogP contribution in [-0.2, 0) is 6.42 Å². The molecule has 0 spiro atoms. The number of benzene rings is 1. The van der Waals surface area contributed by atoms with Gasteiger partial charge >= 0.3 is 0 Å². The van der Waals surface area contributed by atoms with Crippen molar-refractivity contribution in [2.45, 2.75) is 27.2 Å². The van der Waals surface area contributed by atoms with Crippen molar-refractivity contribution in [2.24, 2.45) is 0 Å². The van der Waals surface area contributed by atoms with Gasteiger partial charge in [-0.3, -0.25) is 0 Å². The van der Waals surface area contributed by atoms with E-state index in [1.165, 1.54) is 11.1 Å². The molecule has 2 aromatic rings. The monoisotopic (exact) mass is 241 g/mol. The van der Waals surface area contributed by atoms with Crippen molar-refractivity contribution in [3.05, 3.63) is 47.2 Å². The molecule has 3 nitrogen and oxygen atoms in total. The number of hydrogen-bond donors (Lipinski definition) is 2. The maximum absolute atomic E-state index is 5.91. The molecule has 3 heteroatoms. The molecule has 0 bridgehead atoms. The zero-order chi connectivity index (χ0) is 13.1. The summed E-state index contributed by atoms with van der Waals surface area (Å²) in [5.41, 5.74) is 11.2. The van der Waals surface area contributed by atoms with Crippen molar-refractivity contribution in [2.75, 3.05) is 11.1 Å². The number of hydrogen-bond acceptors (Lipinski definition) is 3. The average molecular weight is 241 g/mol. The largest absolute Gasteiger partial charge is 0.396 e. The standard InChI is InChI=1S/C15H19N3/c1-4-12-6-7-13(9-10(12)2)18-15-14(16)8-5-11(3)17-15/h5-9H,4,16H2,1-3H3,(H,17,18). The van der Waals surface area contributed by atoms with Crippen molar-refractivity contribution >= 4 is 17.2 Å². The molecule has 3 N–H and O–H groups in total. The first-order valence-corrected chi connectivity index (χ1v) is 6.20. The highest BCUT2D eigenvalue weighted by atomic mass is 15.0. The molecule has 0 aliphatic carbocycles. The Bertz CT molecular complexity index is 562. The third-order valence-electron chi connectivity index (χ3n) is 3.05. The van der Waals surface area contributed by atoms with Gasteiger partial charge < -0.3 is 11.1 Å². The summed E-state index contributed by atoms with van der Waals surface area (Å²) >= 11 is 0. The molecule has 94 valence electrons. The lowest BCUT2D eigenvalue weighted by Crippen LogP contribution is -2.00. The molecule has 0 atom stereocenters. The Labute approximate surface area is 108 Å². The predicted octanol–water partition coefficient (Wildman–Crippen LogP) is 3.59. The summed E-state index contributed by atoms with van der Waals surface area (Å²) in [4.78, 5) is 4.40. The van der Waals surface area contributed by atoms with Gasteiger partial charge in [-0.05, 0) is 55.7 Å². The minimum atomic E-state index is 0.665. The van der Waals surface area contributed by atoms with Crippen LogP contribution in [0.3, 0.4) is 0 Å². The fourth-order valence-electron chi connectivity index (χ4n) is 1.97. The van der Waals surface area contributed by atoms with Crippen LogP contribution >= 0.6 is 0 Å². The van der Waals surface area contributed by atoms with Crippen LogP contribution in [0.2, 0.25) is 0 Å². The normalized spacial score (nSPS) is 10.4. The molecular weight excluding hydrogens is 222 g/mol. The molecule has 0 unspecified atom stereocenters. The van der Waals surface area contributed by atoms with Crippen LogP contribution in [0, 0.1) is 13.8 Å². The topological polar surface area (TPSA) is 50.9 Å². The van der Waals surface area contributed by atoms with Gasteiger partial charge in [0.2, 0.25) is 0 Å². The maximum Gasteiger partial charge on any atom is 0.153 e. The van der Waals surface area contributed by atoms with E-state index >= 15 is 0 Å². The molecule has 0 saturated carbocycles. The van der Waals surface area contributed by atoms with Crippen molar-refractivity contribution in [1.82, 2.24) is 4.98 Å². The van der Waals surface area contributed by atoms with Gasteiger partial charge in [0.15, 0.2) is 5.82 Å². The van der Waals surface area contributed by atoms with Crippen molar-refractivity contribution in [3.63, 3.8) is 0 Å². The van der Waals surface area contributed by atoms with Crippen LogP contribution in [0.25, 0.3) is 0 Å². The van der Waals surface area contributed by atoms with Gasteiger partial charge in [-0.2, -0.15) is 0 Å². The van der Waals surface area contributed by atoms with E-state index in [0.29, 0.717) is 5.69 Å². The van der Waals surface area contributed by atoms with Crippen molar-refractivity contribution in [3.8, 4) is 0 Å². The molecule has 0 amide bonds. The highest BCUT2D eigenvalue weighted by molar-refractivity contribution is 5.69. The van der Waals surface area contributed by atoms with Crippen LogP contribution in [0.15, 0.2) is 30.3 Å². The number of nitrogens with one attached hydrogen (secondary N) is 1. The maximum atomic E-state index is 5.91. The minimum absolute atomic E-state index is 0.665. The first-order chi connectivity index (χ1) is 8.60. The lowest BCUT2D eigenvalue weighted by molar-refractivity contribution is 1.11. The zero-order valence-corrected chi connectivity index (χ0v) is 11.1. The average Bonchev–Trinajstić information content (AvgIpc) is 2.34. The Balaban J connectivity index is 2.28. The Kier molecular flexibility index (Phi) is 3.51. The van der Waals surface area contributed by atoms with Gasteiger partial charge in [0, 0.05) is 11.4 Å². The molecular formula is C15H19N3. The second-order valence-electron chi connectivity index (χ2n) is 4.51. The molecule has 0 saturated heterocycles. The molecule has 18 heavy (non-hydrogen) atoms. The number of nitrogens with two attached hydrogens (primary N) is 1. The number of nitrogen functional groups attached to an aromatic ring is 1. The van der Waals surface area contributed by atoms with E-state index in [4.69, 9.17) is 5.73 Å². The van der Waals surface area contributed by atoms with Gasteiger partial charge in [0.05, 0.1) is 5.69 Å². The van der Waals surface area contributed by atoms with Gasteiger partial charge in [-0.15, -0.1) is 0 Å². The summed E-state index contributed by atoms with van der Waals surface area (Å²) in [6.07, 6.45) is 1.05. The van der Waals surface area contributed by atoms with E-state index in [1.54, 1.807) is 0 Å². The second-order valence-corrected chi connectivity index (χ2v) is 4.51. The van der Waals surface area contributed by atoms with Crippen LogP contribution < -0.4 is 11.1 Å².